The van der Waals surface area contributed by atoms with Crippen LogP contribution in [-0.4, -0.2) is 4.98 Å². The Bertz CT molecular complexity index is 2510. The predicted molar refractivity (Wildman–Crippen MR) is 192 cm³/mol. The number of hydrogen-bond donors (Lipinski definition) is 0. The molecule has 46 heavy (non-hydrogen) atoms. The minimum Gasteiger partial charge on any atom is -0.438 e. The van der Waals surface area contributed by atoms with Crippen LogP contribution in [0.25, 0.3) is 66.0 Å². The summed E-state index contributed by atoms with van der Waals surface area (Å²) in [5.41, 5.74) is 10.4. The average Bonchev–Trinajstić information content (AvgIpc) is 3.48. The molecule has 0 saturated heterocycles. The van der Waals surface area contributed by atoms with Gasteiger partial charge < -0.3 is 9.32 Å². The van der Waals surface area contributed by atoms with Crippen molar-refractivity contribution in [1.82, 2.24) is 4.98 Å². The molecule has 0 unspecified atom stereocenters. The van der Waals surface area contributed by atoms with Gasteiger partial charge in [-0.05, 0) is 93.7 Å². The number of furan rings is 1. The smallest absolute Gasteiger partial charge is 0.227 e. The van der Waals surface area contributed by atoms with E-state index < -0.39 is 0 Å². The molecule has 7 aromatic carbocycles. The molecule has 0 radical (unpaired) electrons. The van der Waals surface area contributed by atoms with E-state index in [9.17, 15) is 0 Å². The van der Waals surface area contributed by atoms with Gasteiger partial charge >= 0.3 is 0 Å². The molecule has 0 aliphatic heterocycles. The second-order valence-electron chi connectivity index (χ2n) is 11.7. The Morgan fingerprint density at radius 3 is 1.74 bits per heavy atom. The van der Waals surface area contributed by atoms with Crippen LogP contribution in [-0.2, 0) is 0 Å². The van der Waals surface area contributed by atoms with Crippen molar-refractivity contribution in [2.75, 3.05) is 4.90 Å². The third-order valence-corrected chi connectivity index (χ3v) is 8.85. The maximum atomic E-state index is 6.24. The zero-order valence-corrected chi connectivity index (χ0v) is 25.0. The molecule has 9 aromatic rings. The Balaban J connectivity index is 1.17. The third-order valence-electron chi connectivity index (χ3n) is 8.85. The molecule has 216 valence electrons. The predicted octanol–water partition coefficient (Wildman–Crippen LogP) is 12.1. The fraction of sp³-hybridized carbons (Fsp3) is 0. The summed E-state index contributed by atoms with van der Waals surface area (Å²) in [4.78, 5) is 7.13. The van der Waals surface area contributed by atoms with Crippen LogP contribution in [0.3, 0.4) is 0 Å². The third kappa shape index (κ3) is 4.58. The zero-order chi connectivity index (χ0) is 30.5. The molecule has 3 nitrogen and oxygen atoms in total. The maximum absolute atomic E-state index is 6.24. The van der Waals surface area contributed by atoms with E-state index in [0.717, 1.165) is 44.3 Å². The molecule has 0 spiro atoms. The number of benzene rings is 7. The lowest BCUT2D eigenvalue weighted by atomic mass is 10.0. The molecule has 0 atom stereocenters. The van der Waals surface area contributed by atoms with Gasteiger partial charge in [0.05, 0.1) is 5.52 Å². The lowest BCUT2D eigenvalue weighted by molar-refractivity contribution is 0.656. The minimum absolute atomic E-state index is 0.657. The monoisotopic (exact) mass is 588 g/mol. The van der Waals surface area contributed by atoms with E-state index in [1.54, 1.807) is 0 Å². The Morgan fingerprint density at radius 2 is 0.978 bits per heavy atom. The van der Waals surface area contributed by atoms with Crippen molar-refractivity contribution in [2.24, 2.45) is 0 Å². The molecule has 0 aliphatic carbocycles. The Morgan fingerprint density at radius 1 is 0.391 bits per heavy atom. The summed E-state index contributed by atoms with van der Waals surface area (Å²) >= 11 is 0. The highest BCUT2D eigenvalue weighted by Crippen LogP contribution is 2.40. The van der Waals surface area contributed by atoms with Gasteiger partial charge in [-0.15, -0.1) is 0 Å². The molecule has 3 heteroatoms. The standard InChI is InChI=1S/C43H28N2O/c1-2-8-29(9-3-1)31-16-20-36(21-17-31)45(37-22-18-32(19-23-37)34-15-14-30-10-4-5-11-33(30)26-34)38-24-25-42-39(28-38)40-27-35-12-6-7-13-41(35)44-43(40)46-42/h1-28H. The molecule has 2 heterocycles. The number of hydrogen-bond acceptors (Lipinski definition) is 3. The van der Waals surface area contributed by atoms with Gasteiger partial charge in [0.25, 0.3) is 0 Å². The number of fused-ring (bicyclic) bond motifs is 5. The Labute approximate surface area is 266 Å². The fourth-order valence-electron chi connectivity index (χ4n) is 6.48. The Hall–Kier alpha value is -6.19. The zero-order valence-electron chi connectivity index (χ0n) is 25.0. The highest BCUT2D eigenvalue weighted by atomic mass is 16.3. The highest BCUT2D eigenvalue weighted by Gasteiger charge is 2.17. The van der Waals surface area contributed by atoms with Crippen LogP contribution in [0.5, 0.6) is 0 Å². The topological polar surface area (TPSA) is 29.3 Å². The van der Waals surface area contributed by atoms with Crippen molar-refractivity contribution in [3.05, 3.63) is 170 Å². The van der Waals surface area contributed by atoms with Gasteiger partial charge in [-0.2, -0.15) is 0 Å². The van der Waals surface area contributed by atoms with Crippen LogP contribution >= 0.6 is 0 Å². The van der Waals surface area contributed by atoms with Gasteiger partial charge in [-0.25, -0.2) is 4.98 Å². The SMILES string of the molecule is c1ccc(-c2ccc(N(c3ccc(-c4ccc5ccccc5c4)cc3)c3ccc4oc5nc6ccccc6cc5c4c3)cc2)cc1. The van der Waals surface area contributed by atoms with Crippen LogP contribution in [0, 0.1) is 0 Å². The maximum Gasteiger partial charge on any atom is 0.227 e. The molecule has 0 saturated carbocycles. The van der Waals surface area contributed by atoms with Crippen molar-refractivity contribution in [1.29, 1.82) is 0 Å². The summed E-state index contributed by atoms with van der Waals surface area (Å²) in [5, 5.41) is 5.65. The molecular weight excluding hydrogens is 560 g/mol. The van der Waals surface area contributed by atoms with Crippen molar-refractivity contribution < 1.29 is 4.42 Å². The summed E-state index contributed by atoms with van der Waals surface area (Å²) in [6.45, 7) is 0. The summed E-state index contributed by atoms with van der Waals surface area (Å²) in [7, 11) is 0. The van der Waals surface area contributed by atoms with Crippen LogP contribution in [0.15, 0.2) is 174 Å². The van der Waals surface area contributed by atoms with Crippen LogP contribution in [0.4, 0.5) is 17.1 Å². The molecule has 0 bridgehead atoms. The lowest BCUT2D eigenvalue weighted by Crippen LogP contribution is -2.09. The number of nitrogens with zero attached hydrogens (tertiary/aromatic N) is 2. The number of aromatic nitrogens is 1. The molecule has 0 N–H and O–H groups in total. The molecular formula is C43H28N2O. The van der Waals surface area contributed by atoms with Crippen molar-refractivity contribution >= 4 is 60.8 Å². The van der Waals surface area contributed by atoms with Gasteiger partial charge in [-0.1, -0.05) is 109 Å². The summed E-state index contributed by atoms with van der Waals surface area (Å²) in [6.07, 6.45) is 0. The summed E-state index contributed by atoms with van der Waals surface area (Å²) in [5.74, 6) is 0. The summed E-state index contributed by atoms with van der Waals surface area (Å²) in [6, 6.07) is 60.1. The van der Waals surface area contributed by atoms with Gasteiger partial charge in [0.1, 0.15) is 5.58 Å². The normalized spacial score (nSPS) is 11.5. The first-order valence-corrected chi connectivity index (χ1v) is 15.5. The fourth-order valence-corrected chi connectivity index (χ4v) is 6.48. The van der Waals surface area contributed by atoms with Crippen LogP contribution in [0.1, 0.15) is 0 Å². The average molecular weight is 589 g/mol. The molecule has 0 amide bonds. The molecule has 2 aromatic heterocycles. The molecule has 0 aliphatic rings. The van der Waals surface area contributed by atoms with E-state index in [0.29, 0.717) is 5.71 Å². The van der Waals surface area contributed by atoms with Crippen LogP contribution in [0.2, 0.25) is 0 Å². The number of anilines is 3. The van der Waals surface area contributed by atoms with E-state index >= 15 is 0 Å². The molecule has 0 fully saturated rings. The first kappa shape index (κ1) is 26.2. The highest BCUT2D eigenvalue weighted by molar-refractivity contribution is 6.08. The van der Waals surface area contributed by atoms with Crippen molar-refractivity contribution in [2.45, 2.75) is 0 Å². The first-order valence-electron chi connectivity index (χ1n) is 15.5. The van der Waals surface area contributed by atoms with Crippen LogP contribution < -0.4 is 4.90 Å². The summed E-state index contributed by atoms with van der Waals surface area (Å²) < 4.78 is 6.24. The van der Waals surface area contributed by atoms with E-state index in [1.165, 1.54) is 33.0 Å². The van der Waals surface area contributed by atoms with Crippen molar-refractivity contribution in [3.63, 3.8) is 0 Å². The second kappa shape index (κ2) is 10.8. The largest absolute Gasteiger partial charge is 0.438 e. The van der Waals surface area contributed by atoms with Gasteiger partial charge in [0, 0.05) is 33.2 Å². The second-order valence-corrected chi connectivity index (χ2v) is 11.7. The van der Waals surface area contributed by atoms with Crippen molar-refractivity contribution in [3.8, 4) is 22.3 Å². The van der Waals surface area contributed by atoms with Gasteiger partial charge in [-0.3, -0.25) is 0 Å². The number of rotatable bonds is 5. The van der Waals surface area contributed by atoms with E-state index in [-0.39, 0.29) is 0 Å². The lowest BCUT2D eigenvalue weighted by Gasteiger charge is -2.26. The Kier molecular flexibility index (Phi) is 6.14. The first-order chi connectivity index (χ1) is 22.8. The van der Waals surface area contributed by atoms with Gasteiger partial charge in [0.15, 0.2) is 0 Å². The van der Waals surface area contributed by atoms with E-state index in [1.807, 2.05) is 18.2 Å². The quantitative estimate of drug-likeness (QED) is 0.200. The number of pyridine rings is 1. The minimum atomic E-state index is 0.657. The number of para-hydroxylation sites is 1. The van der Waals surface area contributed by atoms with Gasteiger partial charge in [0.2, 0.25) is 5.71 Å². The van der Waals surface area contributed by atoms with E-state index in [2.05, 4.69) is 157 Å². The molecule has 9 rings (SSSR count). The van der Waals surface area contributed by atoms with E-state index in [4.69, 9.17) is 9.40 Å².